The first-order valence-corrected chi connectivity index (χ1v) is 6.12. The molecule has 1 amide bonds. The Morgan fingerprint density at radius 3 is 2.94 bits per heavy atom. The zero-order valence-corrected chi connectivity index (χ0v) is 12.0. The van der Waals surface area contributed by atoms with Crippen molar-refractivity contribution in [2.75, 3.05) is 6.54 Å². The maximum Gasteiger partial charge on any atom is 0.270 e. The summed E-state index contributed by atoms with van der Waals surface area (Å²) in [5.74, 6) is -0.0460. The third-order valence-electron chi connectivity index (χ3n) is 2.62. The molecule has 1 aliphatic heterocycles. The van der Waals surface area contributed by atoms with Crippen LogP contribution in [-0.4, -0.2) is 29.5 Å². The lowest BCUT2D eigenvalue weighted by molar-refractivity contribution is 0.0921. The van der Waals surface area contributed by atoms with Crippen LogP contribution in [0.5, 0.6) is 0 Å². The molecule has 98 valence electrons. The molecule has 7 heteroatoms. The molecule has 0 bridgehead atoms. The van der Waals surface area contributed by atoms with Gasteiger partial charge in [-0.25, -0.2) is 4.98 Å². The molecular weight excluding hydrogens is 281 g/mol. The molecule has 4 nitrogen and oxygen atoms in total. The topological polar surface area (TPSA) is 54.0 Å². The second-order valence-electron chi connectivity index (χ2n) is 3.92. The Hall–Kier alpha value is -0.360. The normalized spacial score (nSPS) is 23.1. The molecular formula is C10H17Cl2N3OS. The van der Waals surface area contributed by atoms with Crippen LogP contribution in [0.1, 0.15) is 30.3 Å². The summed E-state index contributed by atoms with van der Waals surface area (Å²) in [7, 11) is 0. The highest BCUT2D eigenvalue weighted by atomic mass is 35.5. The molecule has 1 aliphatic rings. The summed E-state index contributed by atoms with van der Waals surface area (Å²) in [6.45, 7) is 3.12. The van der Waals surface area contributed by atoms with Gasteiger partial charge in [0.05, 0.1) is 5.51 Å². The highest BCUT2D eigenvalue weighted by Gasteiger charge is 2.20. The standard InChI is InChI=1S/C10H15N3OS.2ClH/c1-7-4-8(2-3-11-7)13-10(14)9-5-15-6-12-9;;/h5-8,11H,2-4H2,1H3,(H,13,14);2*1H. The zero-order chi connectivity index (χ0) is 10.7. The third kappa shape index (κ3) is 4.79. The van der Waals surface area contributed by atoms with Gasteiger partial charge in [-0.15, -0.1) is 36.2 Å². The number of carbonyl (C=O) groups excluding carboxylic acids is 1. The fraction of sp³-hybridized carbons (Fsp3) is 0.600. The van der Waals surface area contributed by atoms with Gasteiger partial charge in [-0.05, 0) is 26.3 Å². The molecule has 1 fully saturated rings. The van der Waals surface area contributed by atoms with Crippen molar-refractivity contribution >= 4 is 42.1 Å². The van der Waals surface area contributed by atoms with Crippen molar-refractivity contribution in [3.05, 3.63) is 16.6 Å². The van der Waals surface area contributed by atoms with Crippen LogP contribution < -0.4 is 10.6 Å². The highest BCUT2D eigenvalue weighted by Crippen LogP contribution is 2.09. The molecule has 0 saturated carbocycles. The van der Waals surface area contributed by atoms with E-state index >= 15 is 0 Å². The minimum absolute atomic E-state index is 0. The van der Waals surface area contributed by atoms with E-state index < -0.39 is 0 Å². The van der Waals surface area contributed by atoms with E-state index in [0.717, 1.165) is 19.4 Å². The lowest BCUT2D eigenvalue weighted by atomic mass is 10.0. The Morgan fingerprint density at radius 2 is 2.35 bits per heavy atom. The van der Waals surface area contributed by atoms with E-state index in [0.29, 0.717) is 11.7 Å². The number of hydrogen-bond donors (Lipinski definition) is 2. The van der Waals surface area contributed by atoms with E-state index in [4.69, 9.17) is 0 Å². The van der Waals surface area contributed by atoms with Crippen molar-refractivity contribution in [1.29, 1.82) is 0 Å². The molecule has 1 aromatic rings. The first-order chi connectivity index (χ1) is 7.25. The molecule has 0 spiro atoms. The van der Waals surface area contributed by atoms with Crippen LogP contribution in [0.15, 0.2) is 10.9 Å². The molecule has 0 radical (unpaired) electrons. The van der Waals surface area contributed by atoms with Gasteiger partial charge in [0.25, 0.3) is 5.91 Å². The van der Waals surface area contributed by atoms with E-state index in [-0.39, 0.29) is 36.8 Å². The van der Waals surface area contributed by atoms with Gasteiger partial charge in [-0.2, -0.15) is 0 Å². The molecule has 0 aromatic carbocycles. The van der Waals surface area contributed by atoms with Crippen molar-refractivity contribution in [3.63, 3.8) is 0 Å². The Balaban J connectivity index is 0.00000128. The lowest BCUT2D eigenvalue weighted by Gasteiger charge is -2.28. The highest BCUT2D eigenvalue weighted by molar-refractivity contribution is 7.07. The van der Waals surface area contributed by atoms with Crippen LogP contribution in [0.25, 0.3) is 0 Å². The van der Waals surface area contributed by atoms with E-state index in [1.165, 1.54) is 11.3 Å². The molecule has 17 heavy (non-hydrogen) atoms. The zero-order valence-electron chi connectivity index (χ0n) is 9.51. The maximum absolute atomic E-state index is 11.7. The monoisotopic (exact) mass is 297 g/mol. The van der Waals surface area contributed by atoms with Gasteiger partial charge in [0.1, 0.15) is 5.69 Å². The number of amides is 1. The first kappa shape index (κ1) is 16.6. The minimum atomic E-state index is -0.0460. The van der Waals surface area contributed by atoms with Gasteiger partial charge in [0.2, 0.25) is 0 Å². The van der Waals surface area contributed by atoms with Crippen LogP contribution in [0.3, 0.4) is 0 Å². The second-order valence-corrected chi connectivity index (χ2v) is 4.64. The van der Waals surface area contributed by atoms with E-state index in [1.807, 2.05) is 0 Å². The number of nitrogens with one attached hydrogen (secondary N) is 2. The van der Waals surface area contributed by atoms with Crippen LogP contribution in [0.4, 0.5) is 0 Å². The summed E-state index contributed by atoms with van der Waals surface area (Å²) in [6.07, 6.45) is 2.00. The number of piperidine rings is 1. The fourth-order valence-corrected chi connectivity index (χ4v) is 2.38. The molecule has 2 N–H and O–H groups in total. The van der Waals surface area contributed by atoms with E-state index in [9.17, 15) is 4.79 Å². The predicted molar refractivity (Wildman–Crippen MR) is 74.6 cm³/mol. The average Bonchev–Trinajstić information content (AvgIpc) is 2.70. The summed E-state index contributed by atoms with van der Waals surface area (Å²) in [4.78, 5) is 15.7. The van der Waals surface area contributed by atoms with Gasteiger partial charge in [0.15, 0.2) is 0 Å². The van der Waals surface area contributed by atoms with Crippen LogP contribution in [-0.2, 0) is 0 Å². The average molecular weight is 298 g/mol. The molecule has 1 aromatic heterocycles. The SMILES string of the molecule is CC1CC(NC(=O)c2cscn2)CCN1.Cl.Cl. The number of thiazole rings is 1. The number of aromatic nitrogens is 1. The Bertz CT molecular complexity index is 334. The van der Waals surface area contributed by atoms with Gasteiger partial charge in [-0.3, -0.25) is 4.79 Å². The van der Waals surface area contributed by atoms with Crippen LogP contribution >= 0.6 is 36.2 Å². The molecule has 2 atom stereocenters. The van der Waals surface area contributed by atoms with Gasteiger partial charge < -0.3 is 10.6 Å². The number of nitrogens with zero attached hydrogens (tertiary/aromatic N) is 1. The number of rotatable bonds is 2. The molecule has 1 saturated heterocycles. The number of hydrogen-bond acceptors (Lipinski definition) is 4. The smallest absolute Gasteiger partial charge is 0.270 e. The minimum Gasteiger partial charge on any atom is -0.348 e. The van der Waals surface area contributed by atoms with E-state index in [1.54, 1.807) is 10.9 Å². The second kappa shape index (κ2) is 7.87. The van der Waals surface area contributed by atoms with Crippen molar-refractivity contribution < 1.29 is 4.79 Å². The van der Waals surface area contributed by atoms with Crippen molar-refractivity contribution in [3.8, 4) is 0 Å². The first-order valence-electron chi connectivity index (χ1n) is 5.18. The van der Waals surface area contributed by atoms with Gasteiger partial charge >= 0.3 is 0 Å². The van der Waals surface area contributed by atoms with Crippen molar-refractivity contribution in [2.45, 2.75) is 31.8 Å². The Labute approximate surface area is 117 Å². The van der Waals surface area contributed by atoms with Crippen molar-refractivity contribution in [2.24, 2.45) is 0 Å². The van der Waals surface area contributed by atoms with Crippen LogP contribution in [0, 0.1) is 0 Å². The number of carbonyl (C=O) groups is 1. The maximum atomic E-state index is 11.7. The quantitative estimate of drug-likeness (QED) is 0.876. The van der Waals surface area contributed by atoms with E-state index in [2.05, 4.69) is 22.5 Å². The Kier molecular flexibility index (Phi) is 7.70. The molecule has 0 aliphatic carbocycles. The van der Waals surface area contributed by atoms with Gasteiger partial charge in [-0.1, -0.05) is 0 Å². The predicted octanol–water partition coefficient (Wildman–Crippen LogP) is 1.86. The third-order valence-corrected chi connectivity index (χ3v) is 3.21. The summed E-state index contributed by atoms with van der Waals surface area (Å²) >= 11 is 1.45. The van der Waals surface area contributed by atoms with Crippen LogP contribution in [0.2, 0.25) is 0 Å². The summed E-state index contributed by atoms with van der Waals surface area (Å²) in [5.41, 5.74) is 2.21. The molecule has 2 unspecified atom stereocenters. The fourth-order valence-electron chi connectivity index (χ4n) is 1.85. The Morgan fingerprint density at radius 1 is 1.59 bits per heavy atom. The molecule has 2 heterocycles. The largest absolute Gasteiger partial charge is 0.348 e. The summed E-state index contributed by atoms with van der Waals surface area (Å²) < 4.78 is 0. The summed E-state index contributed by atoms with van der Waals surface area (Å²) in [6, 6.07) is 0.773. The molecule has 2 rings (SSSR count). The van der Waals surface area contributed by atoms with Crippen molar-refractivity contribution in [1.82, 2.24) is 15.6 Å². The lowest BCUT2D eigenvalue weighted by Crippen LogP contribution is -2.46. The summed E-state index contributed by atoms with van der Waals surface area (Å²) in [5, 5.41) is 8.15. The van der Waals surface area contributed by atoms with Gasteiger partial charge in [0, 0.05) is 17.5 Å². The number of halogens is 2.